The molecule has 0 saturated carbocycles. The maximum atomic E-state index is 12.4. The number of amides is 1. The summed E-state index contributed by atoms with van der Waals surface area (Å²) in [5.74, 6) is 0.256. The first-order valence-electron chi connectivity index (χ1n) is 8.35. The number of nitrogens with one attached hydrogen (secondary N) is 1. The molecule has 0 aliphatic heterocycles. The Bertz CT molecular complexity index is 1060. The Morgan fingerprint density at radius 1 is 1.07 bits per heavy atom. The molecular weight excluding hydrogens is 358 g/mol. The number of non-ortho nitro benzene ring substituents is 1. The molecule has 0 aromatic heterocycles. The molecule has 0 aliphatic rings. The van der Waals surface area contributed by atoms with E-state index in [-0.39, 0.29) is 22.9 Å². The molecule has 7 nitrogen and oxygen atoms in total. The summed E-state index contributed by atoms with van der Waals surface area (Å²) in [6, 6.07) is 21.6. The van der Waals surface area contributed by atoms with Crippen LogP contribution in [-0.2, 0) is 6.54 Å². The highest BCUT2D eigenvalue weighted by Crippen LogP contribution is 2.28. The van der Waals surface area contributed by atoms with Crippen LogP contribution in [0.1, 0.15) is 21.5 Å². The minimum absolute atomic E-state index is 0.0353. The lowest BCUT2D eigenvalue weighted by Gasteiger charge is -2.09. The second kappa shape index (κ2) is 8.47. The van der Waals surface area contributed by atoms with Gasteiger partial charge in [-0.05, 0) is 29.8 Å². The topological polar surface area (TPSA) is 105 Å². The second-order valence-corrected chi connectivity index (χ2v) is 5.85. The number of hydrogen-bond acceptors (Lipinski definition) is 5. The molecule has 1 N–H and O–H groups in total. The maximum absolute atomic E-state index is 12.4. The Morgan fingerprint density at radius 3 is 2.57 bits per heavy atom. The molecule has 3 aromatic carbocycles. The Labute approximate surface area is 161 Å². The predicted octanol–water partition coefficient (Wildman–Crippen LogP) is 4.19. The number of carbonyl (C=O) groups is 1. The van der Waals surface area contributed by atoms with Crippen molar-refractivity contribution in [2.24, 2.45) is 0 Å². The first-order chi connectivity index (χ1) is 13.6. The second-order valence-electron chi connectivity index (χ2n) is 5.85. The monoisotopic (exact) mass is 373 g/mol. The minimum atomic E-state index is -0.581. The summed E-state index contributed by atoms with van der Waals surface area (Å²) < 4.78 is 5.66. The normalized spacial score (nSPS) is 9.96. The van der Waals surface area contributed by atoms with Crippen molar-refractivity contribution in [1.82, 2.24) is 5.32 Å². The van der Waals surface area contributed by atoms with Gasteiger partial charge >= 0.3 is 0 Å². The summed E-state index contributed by atoms with van der Waals surface area (Å²) in [6.45, 7) is 0.395. The fourth-order valence-electron chi connectivity index (χ4n) is 2.52. The van der Waals surface area contributed by atoms with Gasteiger partial charge in [-0.1, -0.05) is 36.4 Å². The molecule has 0 aliphatic carbocycles. The van der Waals surface area contributed by atoms with E-state index in [0.717, 1.165) is 11.6 Å². The first kappa shape index (κ1) is 18.6. The number of nitro groups is 1. The van der Waals surface area contributed by atoms with Crippen LogP contribution in [0, 0.1) is 21.4 Å². The number of carbonyl (C=O) groups excluding carboxylic acids is 1. The van der Waals surface area contributed by atoms with Gasteiger partial charge < -0.3 is 10.1 Å². The number of benzene rings is 3. The van der Waals surface area contributed by atoms with Crippen molar-refractivity contribution < 1.29 is 14.5 Å². The molecule has 0 fully saturated rings. The molecule has 0 spiro atoms. The molecule has 0 bridgehead atoms. The van der Waals surface area contributed by atoms with E-state index in [1.807, 2.05) is 36.4 Å². The van der Waals surface area contributed by atoms with Gasteiger partial charge in [-0.2, -0.15) is 5.26 Å². The average Bonchev–Trinajstić information content (AvgIpc) is 2.73. The zero-order chi connectivity index (χ0) is 19.9. The number of hydrogen-bond donors (Lipinski definition) is 1. The summed E-state index contributed by atoms with van der Waals surface area (Å²) in [6.07, 6.45) is 0. The number of nitrogens with zero attached hydrogens (tertiary/aromatic N) is 2. The summed E-state index contributed by atoms with van der Waals surface area (Å²) in [4.78, 5) is 22.6. The molecule has 1 amide bonds. The van der Waals surface area contributed by atoms with E-state index in [1.165, 1.54) is 12.1 Å². The molecule has 3 rings (SSSR count). The van der Waals surface area contributed by atoms with Crippen molar-refractivity contribution in [3.8, 4) is 17.6 Å². The lowest BCUT2D eigenvalue weighted by Crippen LogP contribution is -2.22. The van der Waals surface area contributed by atoms with Crippen molar-refractivity contribution in [3.63, 3.8) is 0 Å². The third-order valence-electron chi connectivity index (χ3n) is 3.91. The third-order valence-corrected chi connectivity index (χ3v) is 3.91. The quantitative estimate of drug-likeness (QED) is 0.515. The van der Waals surface area contributed by atoms with Crippen LogP contribution in [0.15, 0.2) is 72.8 Å². The van der Waals surface area contributed by atoms with Crippen LogP contribution >= 0.6 is 0 Å². The zero-order valence-electron chi connectivity index (χ0n) is 14.7. The molecule has 0 atom stereocenters. The fourth-order valence-corrected chi connectivity index (χ4v) is 2.52. The number of rotatable bonds is 6. The van der Waals surface area contributed by atoms with Crippen LogP contribution in [0.4, 0.5) is 5.69 Å². The highest BCUT2D eigenvalue weighted by molar-refractivity contribution is 5.94. The Hall–Kier alpha value is -4.18. The number of ether oxygens (including phenoxy) is 1. The first-order valence-corrected chi connectivity index (χ1v) is 8.35. The molecule has 138 valence electrons. The molecule has 0 heterocycles. The van der Waals surface area contributed by atoms with Gasteiger partial charge in [0.05, 0.1) is 4.92 Å². The SMILES string of the molecule is N#Cc1cc([N+](=O)[O-])ccc1Oc1cccc(C(=O)NCc2ccccc2)c1. The van der Waals surface area contributed by atoms with Crippen molar-refractivity contribution in [1.29, 1.82) is 5.26 Å². The van der Waals surface area contributed by atoms with Crippen molar-refractivity contribution in [3.05, 3.63) is 99.6 Å². The van der Waals surface area contributed by atoms with E-state index in [1.54, 1.807) is 24.3 Å². The lowest BCUT2D eigenvalue weighted by molar-refractivity contribution is -0.384. The third kappa shape index (κ3) is 4.51. The summed E-state index contributed by atoms with van der Waals surface area (Å²) in [5.41, 5.74) is 1.22. The van der Waals surface area contributed by atoms with Crippen molar-refractivity contribution >= 4 is 11.6 Å². The average molecular weight is 373 g/mol. The summed E-state index contributed by atoms with van der Waals surface area (Å²) in [7, 11) is 0. The smallest absolute Gasteiger partial charge is 0.271 e. The van der Waals surface area contributed by atoms with E-state index >= 15 is 0 Å². The van der Waals surface area contributed by atoms with Gasteiger partial charge in [-0.15, -0.1) is 0 Å². The number of nitriles is 1. The van der Waals surface area contributed by atoms with Crippen LogP contribution < -0.4 is 10.1 Å². The molecule has 0 unspecified atom stereocenters. The van der Waals surface area contributed by atoms with Crippen molar-refractivity contribution in [2.45, 2.75) is 6.54 Å². The lowest BCUT2D eigenvalue weighted by atomic mass is 10.1. The maximum Gasteiger partial charge on any atom is 0.271 e. The van der Waals surface area contributed by atoms with Crippen LogP contribution in [-0.4, -0.2) is 10.8 Å². The van der Waals surface area contributed by atoms with Crippen LogP contribution in [0.2, 0.25) is 0 Å². The Balaban J connectivity index is 1.74. The zero-order valence-corrected chi connectivity index (χ0v) is 14.7. The van der Waals surface area contributed by atoms with Crippen LogP contribution in [0.25, 0.3) is 0 Å². The highest BCUT2D eigenvalue weighted by Gasteiger charge is 2.13. The summed E-state index contributed by atoms with van der Waals surface area (Å²) >= 11 is 0. The van der Waals surface area contributed by atoms with Gasteiger partial charge in [0.15, 0.2) is 0 Å². The van der Waals surface area contributed by atoms with E-state index in [2.05, 4.69) is 5.32 Å². The molecule has 28 heavy (non-hydrogen) atoms. The van der Waals surface area contributed by atoms with Gasteiger partial charge in [-0.3, -0.25) is 14.9 Å². The van der Waals surface area contributed by atoms with Gasteiger partial charge in [0, 0.05) is 24.2 Å². The van der Waals surface area contributed by atoms with Gasteiger partial charge in [0.1, 0.15) is 23.1 Å². The molecule has 3 aromatic rings. The largest absolute Gasteiger partial charge is 0.456 e. The fraction of sp³-hybridized carbons (Fsp3) is 0.0476. The van der Waals surface area contributed by atoms with E-state index < -0.39 is 4.92 Å². The van der Waals surface area contributed by atoms with Crippen LogP contribution in [0.5, 0.6) is 11.5 Å². The molecule has 7 heteroatoms. The molecule has 0 saturated heterocycles. The Kier molecular flexibility index (Phi) is 5.63. The summed E-state index contributed by atoms with van der Waals surface area (Å²) in [5, 5.41) is 22.9. The number of nitro benzene ring substituents is 1. The van der Waals surface area contributed by atoms with E-state index in [9.17, 15) is 20.2 Å². The van der Waals surface area contributed by atoms with Crippen LogP contribution in [0.3, 0.4) is 0 Å². The minimum Gasteiger partial charge on any atom is -0.456 e. The molecular formula is C21H15N3O4. The highest BCUT2D eigenvalue weighted by atomic mass is 16.6. The predicted molar refractivity (Wildman–Crippen MR) is 102 cm³/mol. The van der Waals surface area contributed by atoms with Gasteiger partial charge in [-0.25, -0.2) is 0 Å². The standard InChI is InChI=1S/C21H15N3O4/c22-13-17-11-18(24(26)27)9-10-20(17)28-19-8-4-7-16(12-19)21(25)23-14-15-5-2-1-3-6-15/h1-12H,14H2,(H,23,25). The van der Waals surface area contributed by atoms with Crippen molar-refractivity contribution in [2.75, 3.05) is 0 Å². The van der Waals surface area contributed by atoms with Gasteiger partial charge in [0.25, 0.3) is 11.6 Å². The van der Waals surface area contributed by atoms with E-state index in [4.69, 9.17) is 4.74 Å². The van der Waals surface area contributed by atoms with Gasteiger partial charge in [0.2, 0.25) is 0 Å². The van der Waals surface area contributed by atoms with E-state index in [0.29, 0.717) is 17.9 Å². The molecule has 0 radical (unpaired) electrons. The Morgan fingerprint density at radius 2 is 1.86 bits per heavy atom.